The summed E-state index contributed by atoms with van der Waals surface area (Å²) in [5, 5.41) is 2.00. The van der Waals surface area contributed by atoms with E-state index in [1.54, 1.807) is 0 Å². The first kappa shape index (κ1) is 7.15. The van der Waals surface area contributed by atoms with E-state index < -0.39 is 0 Å². The molecule has 3 rings (SSSR count). The van der Waals surface area contributed by atoms with Crippen molar-refractivity contribution in [1.82, 2.24) is 5.06 Å². The van der Waals surface area contributed by atoms with Gasteiger partial charge in [-0.3, -0.25) is 0 Å². The average molecular weight is 173 g/mol. The van der Waals surface area contributed by atoms with Crippen molar-refractivity contribution in [3.63, 3.8) is 0 Å². The zero-order valence-electron chi connectivity index (χ0n) is 7.31. The second-order valence-electron chi connectivity index (χ2n) is 3.55. The monoisotopic (exact) mass is 173 g/mol. The van der Waals surface area contributed by atoms with Crippen molar-refractivity contribution in [3.8, 4) is 0 Å². The highest BCUT2D eigenvalue weighted by Crippen LogP contribution is 2.31. The lowest BCUT2D eigenvalue weighted by Crippen LogP contribution is -1.97. The third-order valence-electron chi connectivity index (χ3n) is 2.44. The van der Waals surface area contributed by atoms with Crippen LogP contribution in [-0.2, 0) is 11.3 Å². The number of fused-ring (bicyclic) bond motifs is 1. The quantitative estimate of drug-likeness (QED) is 0.631. The van der Waals surface area contributed by atoms with Crippen LogP contribution in [0.4, 0.5) is 0 Å². The van der Waals surface area contributed by atoms with Crippen molar-refractivity contribution < 1.29 is 4.84 Å². The highest BCUT2D eigenvalue weighted by Gasteiger charge is 2.40. The van der Waals surface area contributed by atoms with E-state index in [1.165, 1.54) is 5.56 Å². The Morgan fingerprint density at radius 3 is 2.85 bits per heavy atom. The van der Waals surface area contributed by atoms with Crippen molar-refractivity contribution in [2.75, 3.05) is 6.54 Å². The van der Waals surface area contributed by atoms with E-state index in [-0.39, 0.29) is 0 Å². The molecule has 0 N–H and O–H groups in total. The molecule has 2 aliphatic rings. The lowest BCUT2D eigenvalue weighted by molar-refractivity contribution is -0.00464. The van der Waals surface area contributed by atoms with Crippen LogP contribution in [0.5, 0.6) is 0 Å². The maximum atomic E-state index is 5.53. The van der Waals surface area contributed by atoms with Crippen LogP contribution in [0.25, 0.3) is 0 Å². The normalized spacial score (nSPS) is 29.1. The molecule has 0 bridgehead atoms. The maximum absolute atomic E-state index is 5.53. The van der Waals surface area contributed by atoms with E-state index in [4.69, 9.17) is 4.84 Å². The van der Waals surface area contributed by atoms with E-state index >= 15 is 0 Å². The molecule has 66 valence electrons. The Morgan fingerprint density at radius 1 is 1.31 bits per heavy atom. The van der Waals surface area contributed by atoms with Crippen LogP contribution in [0.3, 0.4) is 0 Å². The molecule has 0 aliphatic carbocycles. The van der Waals surface area contributed by atoms with Crippen molar-refractivity contribution in [2.24, 2.45) is 0 Å². The minimum absolute atomic E-state index is 0.582. The summed E-state index contributed by atoms with van der Waals surface area (Å²) < 4.78 is 0. The minimum atomic E-state index is 0.582. The Labute approximate surface area is 77.4 Å². The SMILES string of the molecule is C1=C(Cc2ccccc2)ON2CC12. The molecule has 1 fully saturated rings. The second kappa shape index (κ2) is 2.60. The minimum Gasteiger partial charge on any atom is -0.410 e. The van der Waals surface area contributed by atoms with Crippen LogP contribution in [0.1, 0.15) is 5.56 Å². The number of hydrogen-bond acceptors (Lipinski definition) is 2. The smallest absolute Gasteiger partial charge is 0.126 e. The van der Waals surface area contributed by atoms with Gasteiger partial charge in [-0.2, -0.15) is 0 Å². The van der Waals surface area contributed by atoms with Gasteiger partial charge in [-0.1, -0.05) is 30.3 Å². The molecule has 0 saturated carbocycles. The van der Waals surface area contributed by atoms with Gasteiger partial charge in [0, 0.05) is 6.42 Å². The van der Waals surface area contributed by atoms with Gasteiger partial charge < -0.3 is 4.84 Å². The van der Waals surface area contributed by atoms with Crippen molar-refractivity contribution in [1.29, 1.82) is 0 Å². The van der Waals surface area contributed by atoms with E-state index in [2.05, 4.69) is 30.3 Å². The molecule has 0 radical (unpaired) electrons. The molecule has 2 heterocycles. The summed E-state index contributed by atoms with van der Waals surface area (Å²) in [6.45, 7) is 1.08. The summed E-state index contributed by atoms with van der Waals surface area (Å²) in [4.78, 5) is 5.53. The Balaban J connectivity index is 1.73. The van der Waals surface area contributed by atoms with Gasteiger partial charge in [-0.25, -0.2) is 0 Å². The fourth-order valence-corrected chi connectivity index (χ4v) is 1.66. The maximum Gasteiger partial charge on any atom is 0.126 e. The van der Waals surface area contributed by atoms with Gasteiger partial charge in [0.15, 0.2) is 0 Å². The molecule has 2 nitrogen and oxygen atoms in total. The molecule has 2 heteroatoms. The number of nitrogens with zero attached hydrogens (tertiary/aromatic N) is 1. The number of hydrogen-bond donors (Lipinski definition) is 0. The predicted octanol–water partition coefficient (Wildman–Crippen LogP) is 1.74. The second-order valence-corrected chi connectivity index (χ2v) is 3.55. The highest BCUT2D eigenvalue weighted by molar-refractivity contribution is 5.23. The van der Waals surface area contributed by atoms with Crippen LogP contribution in [0, 0.1) is 0 Å². The molecule has 2 atom stereocenters. The van der Waals surface area contributed by atoms with Crippen LogP contribution < -0.4 is 0 Å². The molecule has 0 spiro atoms. The van der Waals surface area contributed by atoms with E-state index in [0.29, 0.717) is 6.04 Å². The first-order valence-corrected chi connectivity index (χ1v) is 4.61. The summed E-state index contributed by atoms with van der Waals surface area (Å²) in [5.74, 6) is 1.10. The van der Waals surface area contributed by atoms with Gasteiger partial charge in [-0.15, -0.1) is 5.06 Å². The van der Waals surface area contributed by atoms with Crippen LogP contribution >= 0.6 is 0 Å². The molecule has 2 unspecified atom stereocenters. The summed E-state index contributed by atoms with van der Waals surface area (Å²) in [7, 11) is 0. The summed E-state index contributed by atoms with van der Waals surface area (Å²) >= 11 is 0. The number of rotatable bonds is 2. The third-order valence-corrected chi connectivity index (χ3v) is 2.44. The molecular weight excluding hydrogens is 162 g/mol. The van der Waals surface area contributed by atoms with E-state index in [1.807, 2.05) is 11.1 Å². The fourth-order valence-electron chi connectivity index (χ4n) is 1.66. The molecular formula is C11H11NO. The molecule has 0 amide bonds. The summed E-state index contributed by atoms with van der Waals surface area (Å²) in [6, 6.07) is 11.0. The Bertz CT molecular complexity index is 344. The first-order valence-electron chi connectivity index (χ1n) is 4.61. The fraction of sp³-hybridized carbons (Fsp3) is 0.273. The molecule has 2 aliphatic heterocycles. The average Bonchev–Trinajstić information content (AvgIpc) is 2.76. The molecule has 1 saturated heterocycles. The lowest BCUT2D eigenvalue weighted by atomic mass is 10.1. The van der Waals surface area contributed by atoms with Gasteiger partial charge in [0.1, 0.15) is 5.76 Å². The van der Waals surface area contributed by atoms with E-state index in [9.17, 15) is 0 Å². The van der Waals surface area contributed by atoms with Gasteiger partial charge in [-0.05, 0) is 11.6 Å². The standard InChI is InChI=1S/C11H11NO/c1-2-4-9(5-3-1)6-11-7-10-8-12(10)13-11/h1-5,7,10H,6,8H2. The topological polar surface area (TPSA) is 12.2 Å². The molecule has 13 heavy (non-hydrogen) atoms. The first-order chi connectivity index (χ1) is 6.42. The van der Waals surface area contributed by atoms with Crippen LogP contribution in [0.2, 0.25) is 0 Å². The molecule has 0 aromatic heterocycles. The van der Waals surface area contributed by atoms with E-state index in [0.717, 1.165) is 18.7 Å². The lowest BCUT2D eigenvalue weighted by Gasteiger charge is -2.04. The van der Waals surface area contributed by atoms with Crippen LogP contribution in [0.15, 0.2) is 42.2 Å². The zero-order valence-corrected chi connectivity index (χ0v) is 7.31. The Morgan fingerprint density at radius 2 is 2.15 bits per heavy atom. The zero-order chi connectivity index (χ0) is 8.67. The summed E-state index contributed by atoms with van der Waals surface area (Å²) in [5.41, 5.74) is 1.32. The van der Waals surface area contributed by atoms with Crippen molar-refractivity contribution >= 4 is 0 Å². The molecule has 1 aromatic carbocycles. The van der Waals surface area contributed by atoms with Crippen molar-refractivity contribution in [3.05, 3.63) is 47.7 Å². The number of hydroxylamine groups is 2. The van der Waals surface area contributed by atoms with Gasteiger partial charge >= 0.3 is 0 Å². The third kappa shape index (κ3) is 1.33. The predicted molar refractivity (Wildman–Crippen MR) is 49.8 cm³/mol. The Hall–Kier alpha value is -1.28. The number of allylic oxidation sites excluding steroid dienone is 1. The van der Waals surface area contributed by atoms with Gasteiger partial charge in [0.2, 0.25) is 0 Å². The van der Waals surface area contributed by atoms with Crippen molar-refractivity contribution in [2.45, 2.75) is 12.5 Å². The number of benzene rings is 1. The van der Waals surface area contributed by atoms with Crippen LogP contribution in [-0.4, -0.2) is 17.6 Å². The largest absolute Gasteiger partial charge is 0.410 e. The highest BCUT2D eigenvalue weighted by atomic mass is 16.7. The molecule has 1 aromatic rings. The summed E-state index contributed by atoms with van der Waals surface area (Å²) in [6.07, 6.45) is 3.14. The van der Waals surface area contributed by atoms with Gasteiger partial charge in [0.25, 0.3) is 0 Å². The van der Waals surface area contributed by atoms with Gasteiger partial charge in [0.05, 0.1) is 12.6 Å². The Kier molecular flexibility index (Phi) is 1.43.